The molecule has 0 aliphatic carbocycles. The van der Waals surface area contributed by atoms with Gasteiger partial charge in [-0.15, -0.1) is 4.33 Å². The van der Waals surface area contributed by atoms with E-state index in [1.54, 1.807) is 19.2 Å². The SMILES string of the molecule is [C-]#[N+]C[C@@H](O)[C@@H]1NC(=O)[C@H]([C@H](O)Cc2ccc(O)c(OSOO[O-])c2)NC(=O)[C@@H]2C[C@H](O)CN2C(=O)[C@H]([C@H](C)O)NC(=O)[C@@H](NC(=O)c2ccc(N3CCN(c4ccc(OCCCCCCOC)cc4)CC3)cc2)C[C@H](O)CNC(=O)[C@@H]2[C@@H](O)[C@H](C)CN2C1=O.[Na+]. The summed E-state index contributed by atoms with van der Waals surface area (Å²) in [6.45, 7) is 11.7. The molecule has 4 heterocycles. The van der Waals surface area contributed by atoms with E-state index in [2.05, 4.69) is 50.6 Å². The molecule has 12 N–H and O–H groups in total. The van der Waals surface area contributed by atoms with E-state index >= 15 is 0 Å². The first-order valence-corrected chi connectivity index (χ1v) is 30.2. The fraction of sp³-hybridized carbons (Fsp3) is 0.559. The molecule has 0 saturated carbocycles. The van der Waals surface area contributed by atoms with Gasteiger partial charge in [0.05, 0.1) is 37.1 Å². The van der Waals surface area contributed by atoms with Crippen molar-refractivity contribution in [3.63, 3.8) is 0 Å². The predicted molar refractivity (Wildman–Crippen MR) is 318 cm³/mol. The molecule has 0 unspecified atom stereocenters. The molecule has 3 aromatic carbocycles. The van der Waals surface area contributed by atoms with Gasteiger partial charge in [0.1, 0.15) is 42.0 Å². The summed E-state index contributed by atoms with van der Waals surface area (Å²) in [4.78, 5) is 110. The summed E-state index contributed by atoms with van der Waals surface area (Å²) in [6, 6.07) is 6.66. The third-order valence-corrected chi connectivity index (χ3v) is 16.5. The van der Waals surface area contributed by atoms with Gasteiger partial charge in [-0.05, 0) is 92.4 Å². The Morgan fingerprint density at radius 3 is 2.00 bits per heavy atom. The maximum atomic E-state index is 14.6. The van der Waals surface area contributed by atoms with Crippen LogP contribution >= 0.6 is 12.3 Å². The average molecular weight is 1300 g/mol. The zero-order valence-electron chi connectivity index (χ0n) is 51.0. The summed E-state index contributed by atoms with van der Waals surface area (Å²) in [6.07, 6.45) is -8.11. The van der Waals surface area contributed by atoms with E-state index in [1.807, 2.05) is 24.3 Å². The summed E-state index contributed by atoms with van der Waals surface area (Å²) in [5, 5.41) is 104. The van der Waals surface area contributed by atoms with Crippen molar-refractivity contribution in [1.29, 1.82) is 0 Å². The zero-order chi connectivity index (χ0) is 65.2. The van der Waals surface area contributed by atoms with Crippen LogP contribution in [0.5, 0.6) is 17.2 Å². The topological polar surface area (TPSA) is 408 Å². The van der Waals surface area contributed by atoms with E-state index in [0.717, 1.165) is 78.3 Å². The zero-order valence-corrected chi connectivity index (χ0v) is 53.8. The Bertz CT molecular complexity index is 2960. The number of aliphatic hydroxyl groups excluding tert-OH is 6. The number of phenolic OH excluding ortho intramolecular Hbond substituents is 1. The van der Waals surface area contributed by atoms with Gasteiger partial charge in [0.25, 0.3) is 18.2 Å². The molecule has 4 fully saturated rings. The molecule has 7 rings (SSSR count). The molecular weight excluding hydrogens is 1220 g/mol. The molecule has 0 bridgehead atoms. The van der Waals surface area contributed by atoms with Crippen molar-refractivity contribution in [2.24, 2.45) is 5.92 Å². The number of aliphatic hydroxyl groups is 6. The smallest absolute Gasteiger partial charge is 0.691 e. The van der Waals surface area contributed by atoms with Crippen LogP contribution in [0, 0.1) is 12.5 Å². The van der Waals surface area contributed by atoms with Gasteiger partial charge in [-0.2, -0.15) is 0 Å². The van der Waals surface area contributed by atoms with Gasteiger partial charge in [0.15, 0.2) is 17.6 Å². The second-order valence-electron chi connectivity index (χ2n) is 22.7. The average Bonchev–Trinajstić information content (AvgIpc) is 1.78. The molecule has 0 radical (unpaired) electrons. The van der Waals surface area contributed by atoms with E-state index in [4.69, 9.17) is 20.2 Å². The van der Waals surface area contributed by atoms with E-state index in [0.29, 0.717) is 32.8 Å². The molecule has 4 saturated heterocycles. The summed E-state index contributed by atoms with van der Waals surface area (Å²) in [5.41, 5.74) is 2.03. The Morgan fingerprint density at radius 2 is 1.37 bits per heavy atom. The number of hydrogen-bond donors (Lipinski definition) is 12. The van der Waals surface area contributed by atoms with E-state index in [-0.39, 0.29) is 65.3 Å². The number of piperazine rings is 1. The second kappa shape index (κ2) is 35.4. The molecule has 7 amide bonds. The summed E-state index contributed by atoms with van der Waals surface area (Å²) in [5.74, 6) is -8.78. The number of ether oxygens (including phenoxy) is 2. The number of β-amino-alcohol motifs (C(OH)–C–C–N with tert-alkyl or cyclic N) is 1. The fourth-order valence-electron chi connectivity index (χ4n) is 11.2. The van der Waals surface area contributed by atoms with Gasteiger partial charge in [-0.1, -0.05) is 19.4 Å². The van der Waals surface area contributed by atoms with Crippen molar-refractivity contribution < 1.29 is 127 Å². The number of fused-ring (bicyclic) bond motifs is 2. The standard InChI is InChI=1S/C59H80N10O20S.Na/c1-33-31-69-51(52(33)76)57(81)61-29-39(71)27-42(62-53(77)36-10-12-37(13-11-36)66-19-21-67(22-20-66)38-14-16-41(17-15-38)86-24-8-6-5-7-23-85-4)54(78)63-48(34(2)70)58(82)68-32-40(72)28-43(68)55(79)64-49(56(80)65-50(59(69)83)46(75)30-60-3)45(74)25-35-9-18-44(73)47(26-35)87-90-89-88-84;/h9-18,26,33-34,39-40,42-43,45-46,48-52,70-76,84H,5-8,19-25,27-32H2,1-2,4H3,(H,61,81)(H,62,77)(H,63,78)(H,64,79)(H,65,80);/q;+1/p-1/t33-,34+,39+,40+,42+,43+,45-,46-,48+,49+,50+,51+,52+;/m1./s1. The minimum Gasteiger partial charge on any atom is -0.691 e. The number of carbonyl (C=O) groups is 7. The van der Waals surface area contributed by atoms with Crippen LogP contribution in [0.15, 0.2) is 66.7 Å². The first-order chi connectivity index (χ1) is 43.1. The molecule has 4 aliphatic rings. The van der Waals surface area contributed by atoms with Gasteiger partial charge in [-0.25, -0.2) is 6.57 Å². The normalized spacial score (nSPS) is 25.6. The van der Waals surface area contributed by atoms with Gasteiger partial charge in [0, 0.05) is 102 Å². The fourth-order valence-corrected chi connectivity index (χ4v) is 11.5. The number of phenols is 1. The number of anilines is 2. The molecule has 492 valence electrons. The Morgan fingerprint density at radius 1 is 0.758 bits per heavy atom. The number of nitrogens with zero attached hydrogens (tertiary/aromatic N) is 5. The summed E-state index contributed by atoms with van der Waals surface area (Å²) in [7, 11) is 1.70. The van der Waals surface area contributed by atoms with Crippen LogP contribution in [0.25, 0.3) is 4.85 Å². The van der Waals surface area contributed by atoms with Crippen LogP contribution in [-0.2, 0) is 49.3 Å². The van der Waals surface area contributed by atoms with Crippen LogP contribution in [-0.4, -0.2) is 232 Å². The quantitative estimate of drug-likeness (QED) is 0.0111. The number of hydrogen-bond acceptors (Lipinski definition) is 23. The van der Waals surface area contributed by atoms with Gasteiger partial charge >= 0.3 is 29.6 Å². The number of nitrogens with one attached hydrogen (secondary N) is 5. The Kier molecular flexibility index (Phi) is 28.6. The van der Waals surface area contributed by atoms with Crippen molar-refractivity contribution in [1.82, 2.24) is 36.4 Å². The largest absolute Gasteiger partial charge is 1.00 e. The minimum atomic E-state index is -2.15. The number of rotatable bonds is 22. The molecule has 3 aromatic rings. The second-order valence-corrected chi connectivity index (χ2v) is 23.1. The maximum absolute atomic E-state index is 14.6. The van der Waals surface area contributed by atoms with Gasteiger partial charge in [-0.3, -0.25) is 38.6 Å². The first kappa shape index (κ1) is 73.4. The van der Waals surface area contributed by atoms with Crippen molar-refractivity contribution >= 4 is 65.0 Å². The van der Waals surface area contributed by atoms with Crippen molar-refractivity contribution in [2.45, 2.75) is 132 Å². The van der Waals surface area contributed by atoms with Crippen LogP contribution < -0.4 is 80.1 Å². The molecule has 32 heteroatoms. The van der Waals surface area contributed by atoms with Crippen molar-refractivity contribution in [3.8, 4) is 17.2 Å². The van der Waals surface area contributed by atoms with Gasteiger partial charge in [0.2, 0.25) is 42.0 Å². The molecule has 30 nitrogen and oxygen atoms in total. The number of benzene rings is 3. The van der Waals surface area contributed by atoms with E-state index in [9.17, 15) is 74.6 Å². The Hall–Kier alpha value is -6.61. The molecule has 0 aromatic heterocycles. The number of unbranched alkanes of at least 4 members (excludes halogenated alkanes) is 3. The molecule has 0 spiro atoms. The van der Waals surface area contributed by atoms with E-state index < -0.39 is 165 Å². The summed E-state index contributed by atoms with van der Waals surface area (Å²) >= 11 is 0.00983. The maximum Gasteiger partial charge on any atom is 1.00 e. The predicted octanol–water partition coefficient (Wildman–Crippen LogP) is -5.66. The van der Waals surface area contributed by atoms with Gasteiger partial charge < -0.3 is 106 Å². The van der Waals surface area contributed by atoms with Crippen molar-refractivity contribution in [3.05, 3.63) is 89.3 Å². The molecule has 13 atom stereocenters. The van der Waals surface area contributed by atoms with Crippen molar-refractivity contribution in [2.75, 3.05) is 82.5 Å². The van der Waals surface area contributed by atoms with Crippen LogP contribution in [0.3, 0.4) is 0 Å². The Labute approximate surface area is 552 Å². The Balaban J connectivity index is 0.0000132. The number of carbonyl (C=O) groups excluding carboxylic acids is 7. The number of methoxy groups -OCH3 is 1. The first-order valence-electron chi connectivity index (χ1n) is 29.6. The number of amides is 7. The molecule has 4 aliphatic heterocycles. The van der Waals surface area contributed by atoms with Crippen LogP contribution in [0.1, 0.15) is 68.3 Å². The van der Waals surface area contributed by atoms with E-state index in [1.165, 1.54) is 25.1 Å². The third kappa shape index (κ3) is 20.0. The molecular formula is C59H79N10NaO20S. The van der Waals surface area contributed by atoms with Crippen LogP contribution in [0.4, 0.5) is 11.4 Å². The monoisotopic (exact) mass is 1300 g/mol. The third-order valence-electron chi connectivity index (χ3n) is 16.2. The minimum absolute atomic E-state index is 0. The van der Waals surface area contributed by atoms with Crippen LogP contribution in [0.2, 0.25) is 0 Å². The number of aromatic hydroxyl groups is 1. The molecule has 91 heavy (non-hydrogen) atoms. The summed E-state index contributed by atoms with van der Waals surface area (Å²) < 4.78 is 20.2.